The van der Waals surface area contributed by atoms with E-state index in [9.17, 15) is 22.4 Å². The molecule has 3 rings (SSSR count). The average molecular weight is 513 g/mol. The van der Waals surface area contributed by atoms with Crippen LogP contribution >= 0.6 is 0 Å². The first-order valence-corrected chi connectivity index (χ1v) is 11.1. The maximum atomic E-state index is 13.6. The Morgan fingerprint density at radius 2 is 1.97 bits per heavy atom. The maximum absolute atomic E-state index is 13.6. The Labute approximate surface area is 206 Å². The number of aryl methyl sites for hydroxylation is 1. The number of amidine groups is 1. The van der Waals surface area contributed by atoms with E-state index in [0.717, 1.165) is 12.1 Å². The van der Waals surface area contributed by atoms with E-state index in [1.165, 1.54) is 19.2 Å². The summed E-state index contributed by atoms with van der Waals surface area (Å²) in [5.74, 6) is -0.370. The van der Waals surface area contributed by atoms with Crippen molar-refractivity contribution in [3.05, 3.63) is 70.5 Å². The molecule has 0 spiro atoms. The summed E-state index contributed by atoms with van der Waals surface area (Å²) in [6.45, 7) is 3.93. The minimum atomic E-state index is -4.50. The van der Waals surface area contributed by atoms with E-state index >= 15 is 0 Å². The van der Waals surface area contributed by atoms with Gasteiger partial charge < -0.3 is 19.9 Å². The van der Waals surface area contributed by atoms with Gasteiger partial charge in [0.2, 0.25) is 0 Å². The van der Waals surface area contributed by atoms with Crippen LogP contribution in [0.2, 0.25) is 0 Å². The molecule has 0 aromatic heterocycles. The zero-order valence-electron chi connectivity index (χ0n) is 20.0. The Morgan fingerprint density at radius 1 is 1.28 bits per heavy atom. The van der Waals surface area contributed by atoms with Gasteiger partial charge in [0.05, 0.1) is 38.0 Å². The number of rotatable bonds is 7. The minimum absolute atomic E-state index is 0.0645. The fraction of sp³-hybridized carbons (Fsp3) is 0.417. The van der Waals surface area contributed by atoms with Gasteiger partial charge in [-0.15, -0.1) is 0 Å². The van der Waals surface area contributed by atoms with Crippen LogP contribution in [0, 0.1) is 12.7 Å². The lowest BCUT2D eigenvalue weighted by Crippen LogP contribution is -2.49. The van der Waals surface area contributed by atoms with Gasteiger partial charge in [0, 0.05) is 6.54 Å². The molecule has 8 nitrogen and oxygen atoms in total. The second-order valence-electron chi connectivity index (χ2n) is 8.32. The molecular formula is C24H28F4N4O4. The van der Waals surface area contributed by atoms with Crippen molar-refractivity contribution in [1.29, 1.82) is 0 Å². The summed E-state index contributed by atoms with van der Waals surface area (Å²) in [5.41, 5.74) is 8.77. The lowest BCUT2D eigenvalue weighted by molar-refractivity contribution is -0.227. The molecular weight excluding hydrogens is 484 g/mol. The van der Waals surface area contributed by atoms with E-state index in [1.807, 2.05) is 4.90 Å². The number of halogens is 4. The number of carbonyl (C=O) groups excluding carboxylic acids is 1. The quantitative estimate of drug-likeness (QED) is 0.249. The lowest BCUT2D eigenvalue weighted by Gasteiger charge is -2.41. The third kappa shape index (κ3) is 7.15. The molecule has 1 unspecified atom stereocenters. The molecule has 1 saturated heterocycles. The third-order valence-corrected chi connectivity index (χ3v) is 5.60. The van der Waals surface area contributed by atoms with E-state index in [0.29, 0.717) is 23.2 Å². The molecule has 2 aromatic rings. The van der Waals surface area contributed by atoms with Gasteiger partial charge in [-0.25, -0.2) is 14.6 Å². The smallest absolute Gasteiger partial charge is 0.427 e. The fourth-order valence-electron chi connectivity index (χ4n) is 3.90. The van der Waals surface area contributed by atoms with Gasteiger partial charge >= 0.3 is 12.3 Å². The average Bonchev–Trinajstić information content (AvgIpc) is 2.82. The number of nitrogens with one attached hydrogen (secondary N) is 1. The first-order chi connectivity index (χ1) is 17.0. The molecule has 1 amide bonds. The van der Waals surface area contributed by atoms with Crippen LogP contribution < -0.4 is 11.2 Å². The Morgan fingerprint density at radius 3 is 2.61 bits per heavy atom. The second kappa shape index (κ2) is 11.7. The van der Waals surface area contributed by atoms with Crippen LogP contribution in [0.5, 0.6) is 0 Å². The summed E-state index contributed by atoms with van der Waals surface area (Å²) < 4.78 is 70.1. The predicted octanol–water partition coefficient (Wildman–Crippen LogP) is 4.26. The van der Waals surface area contributed by atoms with Crippen molar-refractivity contribution in [2.24, 2.45) is 10.8 Å². The molecule has 196 valence electrons. The first-order valence-electron chi connectivity index (χ1n) is 11.1. The van der Waals surface area contributed by atoms with Gasteiger partial charge in [-0.05, 0) is 49.2 Å². The Kier molecular flexibility index (Phi) is 8.88. The number of methoxy groups -OCH3 is 1. The van der Waals surface area contributed by atoms with Crippen LogP contribution in [0.4, 0.5) is 22.4 Å². The van der Waals surface area contributed by atoms with E-state index in [2.05, 4.69) is 15.3 Å². The van der Waals surface area contributed by atoms with Crippen LogP contribution in [0.15, 0.2) is 47.6 Å². The summed E-state index contributed by atoms with van der Waals surface area (Å²) in [5, 5.41) is 3.79. The zero-order valence-corrected chi connectivity index (χ0v) is 20.0. The topological polar surface area (TPSA) is 98.4 Å². The number of hydrogen-bond donors (Lipinski definition) is 2. The third-order valence-electron chi connectivity index (χ3n) is 5.60. The van der Waals surface area contributed by atoms with Crippen molar-refractivity contribution >= 4 is 11.9 Å². The second-order valence-corrected chi connectivity index (χ2v) is 8.32. The fourth-order valence-corrected chi connectivity index (χ4v) is 3.90. The molecule has 2 aromatic carbocycles. The molecule has 1 fully saturated rings. The molecule has 36 heavy (non-hydrogen) atoms. The molecule has 1 heterocycles. The van der Waals surface area contributed by atoms with Crippen molar-refractivity contribution in [1.82, 2.24) is 10.3 Å². The van der Waals surface area contributed by atoms with Crippen molar-refractivity contribution in [2.75, 3.05) is 26.8 Å². The van der Waals surface area contributed by atoms with Crippen LogP contribution in [0.3, 0.4) is 0 Å². The minimum Gasteiger partial charge on any atom is -0.452 e. The summed E-state index contributed by atoms with van der Waals surface area (Å²) in [4.78, 5) is 13.2. The van der Waals surface area contributed by atoms with E-state index < -0.39 is 42.1 Å². The van der Waals surface area contributed by atoms with Crippen molar-refractivity contribution < 1.29 is 36.6 Å². The monoisotopic (exact) mass is 512 g/mol. The molecule has 1 aliphatic rings. The number of amides is 1. The first kappa shape index (κ1) is 27.4. The van der Waals surface area contributed by atoms with Gasteiger partial charge in [0.25, 0.3) is 0 Å². The number of benzene rings is 2. The largest absolute Gasteiger partial charge is 0.452 e. The predicted molar refractivity (Wildman–Crippen MR) is 123 cm³/mol. The Hall–Kier alpha value is -3.22. The molecule has 0 saturated carbocycles. The number of hydrazone groups is 1. The van der Waals surface area contributed by atoms with Crippen molar-refractivity contribution in [3.8, 4) is 0 Å². The van der Waals surface area contributed by atoms with E-state index in [1.54, 1.807) is 32.0 Å². The van der Waals surface area contributed by atoms with Gasteiger partial charge in [-0.2, -0.15) is 18.3 Å². The van der Waals surface area contributed by atoms with Crippen LogP contribution in [0.25, 0.3) is 0 Å². The Bertz CT molecular complexity index is 1080. The van der Waals surface area contributed by atoms with Crippen LogP contribution in [-0.2, 0) is 20.4 Å². The Balaban J connectivity index is 1.87. The summed E-state index contributed by atoms with van der Waals surface area (Å²) in [7, 11) is 1.18. The molecule has 0 aliphatic carbocycles. The standard InChI is InChI=1S/C24H28F4N4O4/c1-14-10-17(12-18(11-14)24(26,27)28)15(2)36-22-21(16-4-6-19(25)7-5-16)32(8-9-35-22)13-20(29)30-31-23(33)34-3/h4-7,10-12,15,21-22H,8-9,13H2,1-3H3,(H2,29,30)(H,31,33)/t15-,21?,22-/m1/s1. The molecule has 1 aliphatic heterocycles. The highest BCUT2D eigenvalue weighted by molar-refractivity contribution is 5.83. The molecule has 12 heteroatoms. The van der Waals surface area contributed by atoms with Gasteiger partial charge in [0.15, 0.2) is 6.29 Å². The normalized spacial score (nSPS) is 20.1. The molecule has 3 N–H and O–H groups in total. The summed E-state index contributed by atoms with van der Waals surface area (Å²) in [6.07, 6.45) is -6.97. The number of nitrogens with two attached hydrogens (primary N) is 1. The van der Waals surface area contributed by atoms with Gasteiger partial charge in [0.1, 0.15) is 11.7 Å². The zero-order chi connectivity index (χ0) is 26.5. The molecule has 3 atom stereocenters. The number of carbonyl (C=O) groups is 1. The molecule has 0 radical (unpaired) electrons. The lowest BCUT2D eigenvalue weighted by atomic mass is 10.0. The van der Waals surface area contributed by atoms with E-state index in [4.69, 9.17) is 15.2 Å². The van der Waals surface area contributed by atoms with Crippen molar-refractivity contribution in [2.45, 2.75) is 38.5 Å². The summed E-state index contributed by atoms with van der Waals surface area (Å²) in [6, 6.07) is 8.85. The van der Waals surface area contributed by atoms with Gasteiger partial charge in [-0.3, -0.25) is 4.90 Å². The van der Waals surface area contributed by atoms with E-state index in [-0.39, 0.29) is 19.0 Å². The molecule has 0 bridgehead atoms. The highest BCUT2D eigenvalue weighted by Gasteiger charge is 2.37. The number of hydrogen-bond acceptors (Lipinski definition) is 6. The SMILES string of the molecule is COC(=O)N/N=C(\N)CN1CCO[C@H](O[C@H](C)c2cc(C)cc(C(F)(F)F)c2)C1c1ccc(F)cc1. The number of morpholine rings is 1. The number of ether oxygens (including phenoxy) is 3. The van der Waals surface area contributed by atoms with Crippen LogP contribution in [0.1, 0.15) is 41.3 Å². The number of alkyl halides is 3. The highest BCUT2D eigenvalue weighted by Crippen LogP contribution is 2.36. The number of nitrogens with zero attached hydrogens (tertiary/aromatic N) is 2. The van der Waals surface area contributed by atoms with Gasteiger partial charge in [-0.1, -0.05) is 23.8 Å². The maximum Gasteiger partial charge on any atom is 0.427 e. The van der Waals surface area contributed by atoms with Crippen molar-refractivity contribution in [3.63, 3.8) is 0 Å². The highest BCUT2D eigenvalue weighted by atomic mass is 19.4. The van der Waals surface area contributed by atoms with Crippen LogP contribution in [-0.4, -0.2) is 49.9 Å². The summed E-state index contributed by atoms with van der Waals surface area (Å²) >= 11 is 0.